The molecule has 1 rings (SSSR count). The second-order valence-corrected chi connectivity index (χ2v) is 2.67. The maximum Gasteiger partial charge on any atom is 0.129 e. The first-order chi connectivity index (χ1) is 4.84. The van der Waals surface area contributed by atoms with Crippen molar-refractivity contribution >= 4 is 0 Å². The lowest BCUT2D eigenvalue weighted by Gasteiger charge is -2.24. The van der Waals surface area contributed by atoms with Gasteiger partial charge in [0.15, 0.2) is 0 Å². The van der Waals surface area contributed by atoms with E-state index in [2.05, 4.69) is 11.2 Å². The Balaban J connectivity index is 2.33. The van der Waals surface area contributed by atoms with Crippen LogP contribution in [0.4, 0.5) is 0 Å². The van der Waals surface area contributed by atoms with Gasteiger partial charge in [0.25, 0.3) is 0 Å². The van der Waals surface area contributed by atoms with Crippen molar-refractivity contribution in [1.82, 2.24) is 5.32 Å². The molecule has 2 N–H and O–H groups in total. The fourth-order valence-electron chi connectivity index (χ4n) is 1.26. The molecule has 1 saturated heterocycles. The molecule has 0 amide bonds. The van der Waals surface area contributed by atoms with E-state index < -0.39 is 6.10 Å². The Kier molecular flexibility index (Phi) is 2.73. The van der Waals surface area contributed by atoms with Crippen LogP contribution < -0.4 is 5.32 Å². The summed E-state index contributed by atoms with van der Waals surface area (Å²) in [5.74, 6) is 2.33. The zero-order chi connectivity index (χ0) is 7.40. The Bertz CT molecular complexity index is 133. The lowest BCUT2D eigenvalue weighted by atomic mass is 10.0. The van der Waals surface area contributed by atoms with E-state index in [-0.39, 0.29) is 6.04 Å². The Labute approximate surface area is 61.6 Å². The average molecular weight is 139 g/mol. The number of aliphatic hydroxyl groups is 1. The van der Waals surface area contributed by atoms with Gasteiger partial charge in [-0.25, -0.2) is 0 Å². The monoisotopic (exact) mass is 139 g/mol. The van der Waals surface area contributed by atoms with Crippen LogP contribution in [0.3, 0.4) is 0 Å². The largest absolute Gasteiger partial charge is 0.379 e. The first-order valence-corrected chi connectivity index (χ1v) is 3.72. The van der Waals surface area contributed by atoms with Crippen molar-refractivity contribution < 1.29 is 5.11 Å². The minimum absolute atomic E-state index is 0.138. The lowest BCUT2D eigenvalue weighted by molar-refractivity contribution is 0.162. The summed E-state index contributed by atoms with van der Waals surface area (Å²) in [6.07, 6.45) is 7.85. The van der Waals surface area contributed by atoms with Gasteiger partial charge in [0.05, 0.1) is 0 Å². The summed E-state index contributed by atoms with van der Waals surface area (Å²) in [7, 11) is 0. The van der Waals surface area contributed by atoms with Gasteiger partial charge in [0.1, 0.15) is 6.10 Å². The molecule has 0 radical (unpaired) electrons. The number of hydrogen-bond acceptors (Lipinski definition) is 2. The van der Waals surface area contributed by atoms with Crippen molar-refractivity contribution in [3.05, 3.63) is 0 Å². The van der Waals surface area contributed by atoms with Gasteiger partial charge in [-0.3, -0.25) is 0 Å². The van der Waals surface area contributed by atoms with E-state index in [1.54, 1.807) is 0 Å². The Morgan fingerprint density at radius 3 is 2.90 bits per heavy atom. The second-order valence-electron chi connectivity index (χ2n) is 2.67. The van der Waals surface area contributed by atoms with Gasteiger partial charge in [-0.1, -0.05) is 12.3 Å². The molecule has 1 aliphatic heterocycles. The molecular formula is C8H13NO. The molecule has 1 heterocycles. The molecule has 0 aromatic heterocycles. The third kappa shape index (κ3) is 1.73. The van der Waals surface area contributed by atoms with Gasteiger partial charge < -0.3 is 10.4 Å². The van der Waals surface area contributed by atoms with Crippen LogP contribution in [-0.2, 0) is 0 Å². The topological polar surface area (TPSA) is 32.3 Å². The number of hydrogen-bond donors (Lipinski definition) is 2. The Morgan fingerprint density at radius 1 is 1.60 bits per heavy atom. The van der Waals surface area contributed by atoms with Crippen LogP contribution in [0.25, 0.3) is 0 Å². The van der Waals surface area contributed by atoms with Crippen LogP contribution >= 0.6 is 0 Å². The van der Waals surface area contributed by atoms with E-state index in [0.717, 1.165) is 13.0 Å². The molecule has 0 aromatic rings. The van der Waals surface area contributed by atoms with Crippen LogP contribution in [0.15, 0.2) is 0 Å². The van der Waals surface area contributed by atoms with Gasteiger partial charge in [0, 0.05) is 6.04 Å². The van der Waals surface area contributed by atoms with Crippen molar-refractivity contribution in [3.63, 3.8) is 0 Å². The molecule has 0 saturated carbocycles. The van der Waals surface area contributed by atoms with Gasteiger partial charge in [-0.05, 0) is 19.4 Å². The first-order valence-electron chi connectivity index (χ1n) is 3.72. The highest BCUT2D eigenvalue weighted by molar-refractivity contribution is 5.00. The van der Waals surface area contributed by atoms with Crippen LogP contribution in [0.2, 0.25) is 0 Å². The third-order valence-electron chi connectivity index (χ3n) is 1.90. The van der Waals surface area contributed by atoms with E-state index in [1.165, 1.54) is 12.8 Å². The summed E-state index contributed by atoms with van der Waals surface area (Å²) in [6.45, 7) is 0.989. The minimum atomic E-state index is -0.597. The summed E-state index contributed by atoms with van der Waals surface area (Å²) in [4.78, 5) is 0. The Hall–Kier alpha value is -0.520. The Morgan fingerprint density at radius 2 is 2.40 bits per heavy atom. The SMILES string of the molecule is C#CC(O)C1CCCCN1. The fourth-order valence-corrected chi connectivity index (χ4v) is 1.26. The number of nitrogens with one attached hydrogen (secondary N) is 1. The van der Waals surface area contributed by atoms with Crippen molar-refractivity contribution in [2.75, 3.05) is 6.54 Å². The normalized spacial score (nSPS) is 29.0. The average Bonchev–Trinajstić information content (AvgIpc) is 2.05. The molecule has 2 nitrogen and oxygen atoms in total. The van der Waals surface area contributed by atoms with Crippen molar-refractivity contribution in [3.8, 4) is 12.3 Å². The number of aliphatic hydroxyl groups excluding tert-OH is 1. The van der Waals surface area contributed by atoms with E-state index in [4.69, 9.17) is 6.42 Å². The second kappa shape index (κ2) is 3.60. The fraction of sp³-hybridized carbons (Fsp3) is 0.750. The minimum Gasteiger partial charge on any atom is -0.379 e. The molecular weight excluding hydrogens is 126 g/mol. The van der Waals surface area contributed by atoms with Crippen molar-refractivity contribution in [2.24, 2.45) is 0 Å². The molecule has 2 atom stereocenters. The van der Waals surface area contributed by atoms with Gasteiger partial charge in [-0.15, -0.1) is 6.42 Å². The molecule has 0 bridgehead atoms. The van der Waals surface area contributed by atoms with Crippen LogP contribution in [0.1, 0.15) is 19.3 Å². The highest BCUT2D eigenvalue weighted by Gasteiger charge is 2.18. The molecule has 0 spiro atoms. The number of rotatable bonds is 1. The smallest absolute Gasteiger partial charge is 0.129 e. The van der Waals surface area contributed by atoms with Crippen LogP contribution in [-0.4, -0.2) is 23.8 Å². The van der Waals surface area contributed by atoms with Crippen LogP contribution in [0.5, 0.6) is 0 Å². The zero-order valence-electron chi connectivity index (χ0n) is 6.01. The lowest BCUT2D eigenvalue weighted by Crippen LogP contribution is -2.42. The van der Waals surface area contributed by atoms with Crippen molar-refractivity contribution in [2.45, 2.75) is 31.4 Å². The standard InChI is InChI=1S/C8H13NO/c1-2-8(10)7-5-3-4-6-9-7/h1,7-10H,3-6H2. The molecule has 1 aliphatic rings. The third-order valence-corrected chi connectivity index (χ3v) is 1.90. The van der Waals surface area contributed by atoms with Crippen molar-refractivity contribution in [1.29, 1.82) is 0 Å². The first kappa shape index (κ1) is 7.59. The van der Waals surface area contributed by atoms with Gasteiger partial charge >= 0.3 is 0 Å². The summed E-state index contributed by atoms with van der Waals surface area (Å²) in [6, 6.07) is 0.138. The predicted molar refractivity (Wildman–Crippen MR) is 40.5 cm³/mol. The molecule has 0 aromatic carbocycles. The summed E-state index contributed by atoms with van der Waals surface area (Å²) in [5, 5.41) is 12.4. The van der Waals surface area contributed by atoms with E-state index in [9.17, 15) is 5.11 Å². The van der Waals surface area contributed by atoms with Gasteiger partial charge in [0.2, 0.25) is 0 Å². The maximum atomic E-state index is 9.18. The number of terminal acetylenes is 1. The number of piperidine rings is 1. The molecule has 2 unspecified atom stereocenters. The quantitative estimate of drug-likeness (QED) is 0.506. The zero-order valence-corrected chi connectivity index (χ0v) is 6.01. The highest BCUT2D eigenvalue weighted by Crippen LogP contribution is 2.09. The van der Waals surface area contributed by atoms with Crippen LogP contribution in [0, 0.1) is 12.3 Å². The molecule has 56 valence electrons. The summed E-state index contributed by atoms with van der Waals surface area (Å²) < 4.78 is 0. The molecule has 2 heteroatoms. The predicted octanol–water partition coefficient (Wildman–Crippen LogP) is 0.123. The van der Waals surface area contributed by atoms with E-state index in [1.807, 2.05) is 0 Å². The maximum absolute atomic E-state index is 9.18. The molecule has 0 aliphatic carbocycles. The van der Waals surface area contributed by atoms with E-state index >= 15 is 0 Å². The highest BCUT2D eigenvalue weighted by atomic mass is 16.3. The van der Waals surface area contributed by atoms with Gasteiger partial charge in [-0.2, -0.15) is 0 Å². The van der Waals surface area contributed by atoms with E-state index in [0.29, 0.717) is 0 Å². The molecule has 10 heavy (non-hydrogen) atoms. The summed E-state index contributed by atoms with van der Waals surface area (Å²) in [5.41, 5.74) is 0. The summed E-state index contributed by atoms with van der Waals surface area (Å²) >= 11 is 0. The molecule has 1 fully saturated rings.